The second-order valence-corrected chi connectivity index (χ2v) is 5.67. The number of carbonyl (C=O) groups is 1. The van der Waals surface area contributed by atoms with Crippen molar-refractivity contribution in [3.05, 3.63) is 29.8 Å². The molecule has 0 aliphatic rings. The van der Waals surface area contributed by atoms with Gasteiger partial charge in [-0.1, -0.05) is 6.92 Å². The average Bonchev–Trinajstić information content (AvgIpc) is 2.45. The van der Waals surface area contributed by atoms with Crippen molar-refractivity contribution in [3.8, 4) is 6.07 Å². The van der Waals surface area contributed by atoms with E-state index in [0.717, 1.165) is 12.1 Å². The van der Waals surface area contributed by atoms with Crippen molar-refractivity contribution in [3.63, 3.8) is 0 Å². The Morgan fingerprint density at radius 3 is 2.40 bits per heavy atom. The third-order valence-electron chi connectivity index (χ3n) is 3.71. The summed E-state index contributed by atoms with van der Waals surface area (Å²) in [5.74, 6) is 0.00343. The highest BCUT2D eigenvalue weighted by atomic mass is 16.2. The number of hydrogen-bond acceptors (Lipinski definition) is 3. The highest BCUT2D eigenvalue weighted by Gasteiger charge is 2.24. The van der Waals surface area contributed by atoms with Crippen molar-refractivity contribution in [2.45, 2.75) is 45.7 Å². The zero-order valence-electron chi connectivity index (χ0n) is 12.9. The maximum atomic E-state index is 12.3. The number of likely N-dealkylation sites (N-methyl/N-ethyl adjacent to an activating group) is 1. The summed E-state index contributed by atoms with van der Waals surface area (Å²) >= 11 is 0. The van der Waals surface area contributed by atoms with Gasteiger partial charge in [0.05, 0.1) is 11.6 Å². The van der Waals surface area contributed by atoms with E-state index in [1.807, 2.05) is 44.9 Å². The first-order valence-corrected chi connectivity index (χ1v) is 6.85. The van der Waals surface area contributed by atoms with Crippen LogP contribution in [0.1, 0.15) is 39.7 Å². The van der Waals surface area contributed by atoms with Crippen LogP contribution in [0, 0.1) is 11.3 Å². The van der Waals surface area contributed by atoms with Gasteiger partial charge in [-0.25, -0.2) is 0 Å². The smallest absolute Gasteiger partial charge is 0.242 e. The van der Waals surface area contributed by atoms with Gasteiger partial charge in [0.2, 0.25) is 5.91 Å². The number of amides is 1. The minimum absolute atomic E-state index is 0.00343. The SMILES string of the molecule is CCC(C)(C)NC(=O)C(C)N(C)c1ccc(C#N)cc1. The highest BCUT2D eigenvalue weighted by Crippen LogP contribution is 2.17. The van der Waals surface area contributed by atoms with Gasteiger partial charge in [0.15, 0.2) is 0 Å². The molecule has 1 rings (SSSR count). The molecule has 4 heteroatoms. The molecule has 1 aromatic rings. The molecule has 0 aliphatic heterocycles. The van der Waals surface area contributed by atoms with Gasteiger partial charge in [-0.2, -0.15) is 5.26 Å². The van der Waals surface area contributed by atoms with Crippen LogP contribution in [-0.4, -0.2) is 24.5 Å². The standard InChI is InChI=1S/C16H23N3O/c1-6-16(3,4)18-15(20)12(2)19(5)14-9-7-13(11-17)8-10-14/h7-10,12H,6H2,1-5H3,(H,18,20). The lowest BCUT2D eigenvalue weighted by molar-refractivity contribution is -0.123. The first-order chi connectivity index (χ1) is 9.30. The quantitative estimate of drug-likeness (QED) is 0.897. The summed E-state index contributed by atoms with van der Waals surface area (Å²) < 4.78 is 0. The zero-order valence-corrected chi connectivity index (χ0v) is 12.9. The molecule has 1 unspecified atom stereocenters. The van der Waals surface area contributed by atoms with Crippen LogP contribution < -0.4 is 10.2 Å². The normalized spacial score (nSPS) is 12.4. The zero-order chi connectivity index (χ0) is 15.3. The lowest BCUT2D eigenvalue weighted by Gasteiger charge is -2.31. The van der Waals surface area contributed by atoms with Crippen molar-refractivity contribution in [2.75, 3.05) is 11.9 Å². The van der Waals surface area contributed by atoms with Crippen LogP contribution in [0.2, 0.25) is 0 Å². The molecule has 108 valence electrons. The van der Waals surface area contributed by atoms with Gasteiger partial charge in [-0.15, -0.1) is 0 Å². The second-order valence-electron chi connectivity index (χ2n) is 5.67. The maximum absolute atomic E-state index is 12.3. The van der Waals surface area contributed by atoms with Crippen molar-refractivity contribution in [1.29, 1.82) is 5.26 Å². The Labute approximate surface area is 121 Å². The molecule has 1 atom stereocenters. The van der Waals surface area contributed by atoms with Gasteiger partial charge in [0.25, 0.3) is 0 Å². The van der Waals surface area contributed by atoms with E-state index in [1.165, 1.54) is 0 Å². The van der Waals surface area contributed by atoms with Crippen molar-refractivity contribution in [2.24, 2.45) is 0 Å². The predicted octanol–water partition coefficient (Wildman–Crippen LogP) is 2.69. The summed E-state index contributed by atoms with van der Waals surface area (Å²) in [6, 6.07) is 9.04. The number of carbonyl (C=O) groups excluding carboxylic acids is 1. The third-order valence-corrected chi connectivity index (χ3v) is 3.71. The first kappa shape index (κ1) is 16.0. The number of nitriles is 1. The molecule has 0 heterocycles. The number of hydrogen-bond donors (Lipinski definition) is 1. The summed E-state index contributed by atoms with van der Waals surface area (Å²) in [7, 11) is 1.88. The van der Waals surface area contributed by atoms with E-state index in [0.29, 0.717) is 5.56 Å². The Balaban J connectivity index is 2.77. The maximum Gasteiger partial charge on any atom is 0.242 e. The van der Waals surface area contributed by atoms with E-state index in [1.54, 1.807) is 12.1 Å². The molecular formula is C16H23N3O. The summed E-state index contributed by atoms with van der Waals surface area (Å²) in [6.45, 7) is 7.95. The summed E-state index contributed by atoms with van der Waals surface area (Å²) in [6.07, 6.45) is 0.881. The van der Waals surface area contributed by atoms with E-state index in [9.17, 15) is 4.79 Å². The van der Waals surface area contributed by atoms with E-state index >= 15 is 0 Å². The molecule has 4 nitrogen and oxygen atoms in total. The van der Waals surface area contributed by atoms with Gasteiger partial charge in [0.1, 0.15) is 6.04 Å². The number of benzene rings is 1. The van der Waals surface area contributed by atoms with Crippen LogP contribution in [0.5, 0.6) is 0 Å². The Bertz CT molecular complexity index is 499. The number of nitrogens with zero attached hydrogens (tertiary/aromatic N) is 2. The van der Waals surface area contributed by atoms with Crippen molar-refractivity contribution >= 4 is 11.6 Å². The highest BCUT2D eigenvalue weighted by molar-refractivity contribution is 5.85. The Kier molecular flexibility index (Phi) is 5.15. The van der Waals surface area contributed by atoms with Crippen LogP contribution in [0.3, 0.4) is 0 Å². The largest absolute Gasteiger partial charge is 0.363 e. The monoisotopic (exact) mass is 273 g/mol. The minimum Gasteiger partial charge on any atom is -0.363 e. The van der Waals surface area contributed by atoms with Gasteiger partial charge in [-0.05, 0) is 51.5 Å². The molecule has 1 aromatic carbocycles. The van der Waals surface area contributed by atoms with E-state index < -0.39 is 0 Å². The molecule has 0 saturated heterocycles. The minimum atomic E-state index is -0.270. The van der Waals surface area contributed by atoms with Crippen LogP contribution in [0.15, 0.2) is 24.3 Å². The van der Waals surface area contributed by atoms with Crippen LogP contribution >= 0.6 is 0 Å². The molecule has 0 fully saturated rings. The van der Waals surface area contributed by atoms with Gasteiger partial charge < -0.3 is 10.2 Å². The lowest BCUT2D eigenvalue weighted by Crippen LogP contribution is -2.51. The Hall–Kier alpha value is -2.02. The van der Waals surface area contributed by atoms with Gasteiger partial charge >= 0.3 is 0 Å². The molecule has 0 aromatic heterocycles. The molecule has 0 bridgehead atoms. The molecule has 0 spiro atoms. The average molecular weight is 273 g/mol. The topological polar surface area (TPSA) is 56.1 Å². The molecule has 1 amide bonds. The van der Waals surface area contributed by atoms with Crippen molar-refractivity contribution < 1.29 is 4.79 Å². The summed E-state index contributed by atoms with van der Waals surface area (Å²) in [5, 5.41) is 11.8. The molecule has 1 N–H and O–H groups in total. The van der Waals surface area contributed by atoms with Crippen molar-refractivity contribution in [1.82, 2.24) is 5.32 Å². The summed E-state index contributed by atoms with van der Waals surface area (Å²) in [4.78, 5) is 14.2. The van der Waals surface area contributed by atoms with E-state index in [2.05, 4.69) is 18.3 Å². The fraction of sp³-hybridized carbons (Fsp3) is 0.500. The Morgan fingerprint density at radius 1 is 1.40 bits per heavy atom. The number of rotatable bonds is 5. The lowest BCUT2D eigenvalue weighted by atomic mass is 10.0. The molecule has 20 heavy (non-hydrogen) atoms. The van der Waals surface area contributed by atoms with Gasteiger partial charge in [0, 0.05) is 18.3 Å². The second kappa shape index (κ2) is 6.42. The predicted molar refractivity (Wildman–Crippen MR) is 81.5 cm³/mol. The summed E-state index contributed by atoms with van der Waals surface area (Å²) in [5.41, 5.74) is 1.34. The van der Waals surface area contributed by atoms with E-state index in [-0.39, 0.29) is 17.5 Å². The fourth-order valence-electron chi connectivity index (χ4n) is 1.70. The van der Waals surface area contributed by atoms with Crippen LogP contribution in [0.4, 0.5) is 5.69 Å². The van der Waals surface area contributed by atoms with Gasteiger partial charge in [-0.3, -0.25) is 4.79 Å². The Morgan fingerprint density at radius 2 is 1.95 bits per heavy atom. The third kappa shape index (κ3) is 3.99. The molecular weight excluding hydrogens is 250 g/mol. The van der Waals surface area contributed by atoms with Crippen LogP contribution in [0.25, 0.3) is 0 Å². The number of nitrogens with one attached hydrogen (secondary N) is 1. The molecule has 0 radical (unpaired) electrons. The molecule has 0 aliphatic carbocycles. The first-order valence-electron chi connectivity index (χ1n) is 6.85. The molecule has 0 saturated carbocycles. The van der Waals surface area contributed by atoms with Crippen LogP contribution in [-0.2, 0) is 4.79 Å². The van der Waals surface area contributed by atoms with E-state index in [4.69, 9.17) is 5.26 Å². The number of anilines is 1. The fourth-order valence-corrected chi connectivity index (χ4v) is 1.70.